The Morgan fingerprint density at radius 3 is 2.62 bits per heavy atom. The highest BCUT2D eigenvalue weighted by atomic mass is 35.5. The van der Waals surface area contributed by atoms with E-state index in [0.717, 1.165) is 54.2 Å². The van der Waals surface area contributed by atoms with Gasteiger partial charge >= 0.3 is 0 Å². The van der Waals surface area contributed by atoms with E-state index in [4.69, 9.17) is 21.6 Å². The molecule has 7 heteroatoms. The molecule has 0 aromatic carbocycles. The van der Waals surface area contributed by atoms with Crippen molar-refractivity contribution in [2.24, 2.45) is 0 Å². The van der Waals surface area contributed by atoms with E-state index in [1.165, 1.54) is 18.4 Å². The fourth-order valence-corrected chi connectivity index (χ4v) is 4.17. The normalized spacial score (nSPS) is 17.0. The maximum atomic E-state index is 6.12. The Labute approximate surface area is 175 Å². The number of allylic oxidation sites excluding steroid dienone is 1. The second-order valence-corrected chi connectivity index (χ2v) is 8.23. The number of anilines is 1. The Bertz CT molecular complexity index is 1090. The summed E-state index contributed by atoms with van der Waals surface area (Å²) in [4.78, 5) is 23.1. The lowest BCUT2D eigenvalue weighted by Crippen LogP contribution is -2.45. The molecule has 1 saturated carbocycles. The molecule has 1 aliphatic carbocycles. The smallest absolute Gasteiger partial charge is 0.162 e. The average Bonchev–Trinajstić information content (AvgIpc) is 3.58. The molecule has 2 fully saturated rings. The molecule has 0 N–H and O–H groups in total. The molecule has 3 aromatic heterocycles. The van der Waals surface area contributed by atoms with Gasteiger partial charge in [-0.25, -0.2) is 15.0 Å². The third kappa shape index (κ3) is 3.53. The molecular formula is C22H23ClN6. The fraction of sp³-hybridized carbons (Fsp3) is 0.364. The van der Waals surface area contributed by atoms with Gasteiger partial charge in [-0.3, -0.25) is 4.98 Å². The third-order valence-electron chi connectivity index (χ3n) is 5.74. The number of pyridine rings is 2. The van der Waals surface area contributed by atoms with Crippen LogP contribution >= 0.6 is 11.6 Å². The van der Waals surface area contributed by atoms with Crippen LogP contribution in [0, 0.1) is 0 Å². The first-order valence-electron chi connectivity index (χ1n) is 10.0. The topological polar surface area (TPSA) is 58.0 Å². The summed E-state index contributed by atoms with van der Waals surface area (Å²) in [6.07, 6.45) is 7.97. The maximum Gasteiger partial charge on any atom is 0.162 e. The first-order valence-corrected chi connectivity index (χ1v) is 10.4. The largest absolute Gasteiger partial charge is 0.372 e. The van der Waals surface area contributed by atoms with Crippen LogP contribution in [-0.2, 0) is 0 Å². The highest BCUT2D eigenvalue weighted by Crippen LogP contribution is 2.44. The van der Waals surface area contributed by atoms with Crippen molar-refractivity contribution in [3.05, 3.63) is 53.7 Å². The van der Waals surface area contributed by atoms with Crippen molar-refractivity contribution in [3.63, 3.8) is 0 Å². The number of piperazine rings is 1. The predicted octanol–water partition coefficient (Wildman–Crippen LogP) is 4.27. The zero-order chi connectivity index (χ0) is 20.0. The fourth-order valence-electron chi connectivity index (χ4n) is 3.99. The number of aromatic nitrogens is 4. The number of hydrogen-bond donors (Lipinski definition) is 0. The standard InChI is InChI=1S/C22H23ClN6/c1-14(2)28-7-9-29(10-8-28)22-20-17(15-3-4-15)12-24-13-18(20)26-21(27-22)16-5-6-25-19(23)11-16/h5-6,11-13,15H,1,3-4,7-10H2,2H3. The van der Waals surface area contributed by atoms with Gasteiger partial charge in [-0.05, 0) is 43.4 Å². The van der Waals surface area contributed by atoms with Crippen molar-refractivity contribution in [3.8, 4) is 11.4 Å². The van der Waals surface area contributed by atoms with Gasteiger partial charge in [-0.15, -0.1) is 0 Å². The van der Waals surface area contributed by atoms with Gasteiger partial charge in [0.25, 0.3) is 0 Å². The molecule has 5 rings (SSSR count). The van der Waals surface area contributed by atoms with E-state index in [1.807, 2.05) is 24.5 Å². The van der Waals surface area contributed by atoms with Crippen molar-refractivity contribution in [1.82, 2.24) is 24.8 Å². The van der Waals surface area contributed by atoms with E-state index in [9.17, 15) is 0 Å². The summed E-state index contributed by atoms with van der Waals surface area (Å²) in [5.74, 6) is 2.24. The number of fused-ring (bicyclic) bond motifs is 1. The van der Waals surface area contributed by atoms with Crippen LogP contribution < -0.4 is 4.90 Å². The SMILES string of the molecule is C=C(C)N1CCN(c2nc(-c3ccnc(Cl)c3)nc3cncc(C4CC4)c23)CC1. The summed E-state index contributed by atoms with van der Waals surface area (Å²) >= 11 is 6.12. The highest BCUT2D eigenvalue weighted by Gasteiger charge is 2.29. The van der Waals surface area contributed by atoms with E-state index in [0.29, 0.717) is 16.9 Å². The van der Waals surface area contributed by atoms with Gasteiger partial charge in [0.15, 0.2) is 5.82 Å². The Kier molecular flexibility index (Phi) is 4.59. The highest BCUT2D eigenvalue weighted by molar-refractivity contribution is 6.29. The summed E-state index contributed by atoms with van der Waals surface area (Å²) in [5.41, 5.74) is 4.15. The molecule has 0 bridgehead atoms. The van der Waals surface area contributed by atoms with Gasteiger partial charge in [0, 0.05) is 55.2 Å². The number of hydrogen-bond acceptors (Lipinski definition) is 6. The van der Waals surface area contributed by atoms with Gasteiger partial charge in [0.1, 0.15) is 11.0 Å². The Morgan fingerprint density at radius 2 is 1.93 bits per heavy atom. The summed E-state index contributed by atoms with van der Waals surface area (Å²) in [6.45, 7) is 9.86. The molecule has 1 saturated heterocycles. The first kappa shape index (κ1) is 18.3. The van der Waals surface area contributed by atoms with E-state index >= 15 is 0 Å². The molecule has 1 aliphatic heterocycles. The molecule has 29 heavy (non-hydrogen) atoms. The summed E-state index contributed by atoms with van der Waals surface area (Å²) in [7, 11) is 0. The zero-order valence-corrected chi connectivity index (χ0v) is 17.2. The zero-order valence-electron chi connectivity index (χ0n) is 16.5. The Balaban J connectivity index is 1.64. The Hall–Kier alpha value is -2.73. The lowest BCUT2D eigenvalue weighted by Gasteiger charge is -2.37. The molecule has 4 heterocycles. The minimum absolute atomic E-state index is 0.438. The molecule has 2 aliphatic rings. The lowest BCUT2D eigenvalue weighted by atomic mass is 10.1. The van der Waals surface area contributed by atoms with Gasteiger partial charge in [0.2, 0.25) is 0 Å². The van der Waals surface area contributed by atoms with Crippen LogP contribution in [0.2, 0.25) is 5.15 Å². The molecule has 6 nitrogen and oxygen atoms in total. The molecule has 0 amide bonds. The van der Waals surface area contributed by atoms with Crippen LogP contribution in [-0.4, -0.2) is 51.0 Å². The van der Waals surface area contributed by atoms with Crippen molar-refractivity contribution < 1.29 is 0 Å². The van der Waals surface area contributed by atoms with Crippen molar-refractivity contribution in [2.45, 2.75) is 25.7 Å². The van der Waals surface area contributed by atoms with Crippen molar-refractivity contribution >= 4 is 28.3 Å². The Morgan fingerprint density at radius 1 is 1.14 bits per heavy atom. The van der Waals surface area contributed by atoms with E-state index < -0.39 is 0 Å². The van der Waals surface area contributed by atoms with Crippen LogP contribution in [0.4, 0.5) is 5.82 Å². The lowest BCUT2D eigenvalue weighted by molar-refractivity contribution is 0.323. The van der Waals surface area contributed by atoms with E-state index in [1.54, 1.807) is 6.20 Å². The van der Waals surface area contributed by atoms with Gasteiger partial charge in [-0.2, -0.15) is 0 Å². The molecule has 0 radical (unpaired) electrons. The number of nitrogens with zero attached hydrogens (tertiary/aromatic N) is 6. The van der Waals surface area contributed by atoms with E-state index in [-0.39, 0.29) is 0 Å². The predicted molar refractivity (Wildman–Crippen MR) is 116 cm³/mol. The number of halogens is 1. The summed E-state index contributed by atoms with van der Waals surface area (Å²) in [5, 5.41) is 1.59. The van der Waals surface area contributed by atoms with Crippen LogP contribution in [0.15, 0.2) is 43.0 Å². The second kappa shape index (κ2) is 7.26. The van der Waals surface area contributed by atoms with Gasteiger partial charge in [0.05, 0.1) is 11.7 Å². The molecule has 0 spiro atoms. The summed E-state index contributed by atoms with van der Waals surface area (Å²) in [6, 6.07) is 3.71. The van der Waals surface area contributed by atoms with Crippen molar-refractivity contribution in [2.75, 3.05) is 31.1 Å². The average molecular weight is 407 g/mol. The maximum absolute atomic E-state index is 6.12. The molecular weight excluding hydrogens is 384 g/mol. The van der Waals surface area contributed by atoms with Gasteiger partial charge in [-0.1, -0.05) is 18.2 Å². The first-order chi connectivity index (χ1) is 14.1. The molecule has 0 unspecified atom stereocenters. The minimum atomic E-state index is 0.438. The van der Waals surface area contributed by atoms with Crippen molar-refractivity contribution in [1.29, 1.82) is 0 Å². The monoisotopic (exact) mass is 406 g/mol. The molecule has 148 valence electrons. The van der Waals surface area contributed by atoms with Gasteiger partial charge < -0.3 is 9.80 Å². The second-order valence-electron chi connectivity index (χ2n) is 7.84. The molecule has 0 atom stereocenters. The summed E-state index contributed by atoms with van der Waals surface area (Å²) < 4.78 is 0. The van der Waals surface area contributed by atoms with Crippen LogP contribution in [0.1, 0.15) is 31.2 Å². The van der Waals surface area contributed by atoms with Crippen LogP contribution in [0.5, 0.6) is 0 Å². The van der Waals surface area contributed by atoms with Crippen LogP contribution in [0.3, 0.4) is 0 Å². The van der Waals surface area contributed by atoms with Crippen LogP contribution in [0.25, 0.3) is 22.3 Å². The minimum Gasteiger partial charge on any atom is -0.372 e. The third-order valence-corrected chi connectivity index (χ3v) is 5.94. The number of rotatable bonds is 4. The quantitative estimate of drug-likeness (QED) is 0.603. The van der Waals surface area contributed by atoms with E-state index in [2.05, 4.69) is 33.3 Å². The molecule has 3 aromatic rings.